The summed E-state index contributed by atoms with van der Waals surface area (Å²) in [6.45, 7) is 6.39. The fourth-order valence-corrected chi connectivity index (χ4v) is 2.41. The number of hydrogen-bond acceptors (Lipinski definition) is 3. The highest BCUT2D eigenvalue weighted by atomic mass is 32.1. The molecule has 0 bridgehead atoms. The number of thiazole rings is 1. The third kappa shape index (κ3) is 1.35. The Labute approximate surface area is 87.0 Å². The van der Waals surface area contributed by atoms with Gasteiger partial charge in [-0.05, 0) is 12.8 Å². The van der Waals surface area contributed by atoms with Gasteiger partial charge in [0.2, 0.25) is 0 Å². The van der Waals surface area contributed by atoms with Crippen LogP contribution in [-0.2, 0) is 6.61 Å². The zero-order valence-corrected chi connectivity index (χ0v) is 9.43. The van der Waals surface area contributed by atoms with Crippen LogP contribution in [0.3, 0.4) is 0 Å². The highest BCUT2D eigenvalue weighted by Crippen LogP contribution is 2.25. The molecule has 0 aliphatic heterocycles. The minimum absolute atomic E-state index is 0.108. The molecule has 2 aromatic heterocycles. The molecule has 14 heavy (non-hydrogen) atoms. The first-order valence-electron chi connectivity index (χ1n) is 4.71. The number of aliphatic hydroxyl groups is 1. The molecule has 0 unspecified atom stereocenters. The lowest BCUT2D eigenvalue weighted by Gasteiger charge is -1.97. The van der Waals surface area contributed by atoms with Gasteiger partial charge in [0.1, 0.15) is 0 Å². The Hall–Kier alpha value is -0.870. The average Bonchev–Trinajstić information content (AvgIpc) is 2.66. The monoisotopic (exact) mass is 210 g/mol. The second kappa shape index (κ2) is 3.37. The SMILES string of the molecule is Cc1c(CO)sc2nc(C(C)C)cn12. The van der Waals surface area contributed by atoms with Gasteiger partial charge in [-0.1, -0.05) is 25.2 Å². The maximum Gasteiger partial charge on any atom is 0.194 e. The van der Waals surface area contributed by atoms with Gasteiger partial charge in [-0.25, -0.2) is 4.98 Å². The van der Waals surface area contributed by atoms with Crippen molar-refractivity contribution in [2.24, 2.45) is 0 Å². The van der Waals surface area contributed by atoms with Crippen molar-refractivity contribution in [3.8, 4) is 0 Å². The van der Waals surface area contributed by atoms with Crippen LogP contribution in [0, 0.1) is 6.92 Å². The molecule has 76 valence electrons. The third-order valence-electron chi connectivity index (χ3n) is 2.41. The van der Waals surface area contributed by atoms with Gasteiger partial charge in [-0.15, -0.1) is 0 Å². The number of aliphatic hydroxyl groups excluding tert-OH is 1. The number of imidazole rings is 1. The predicted octanol–water partition coefficient (Wildman–Crippen LogP) is 2.32. The maximum atomic E-state index is 9.09. The lowest BCUT2D eigenvalue weighted by atomic mass is 10.2. The lowest BCUT2D eigenvalue weighted by molar-refractivity contribution is 0.284. The van der Waals surface area contributed by atoms with Crippen molar-refractivity contribution in [3.63, 3.8) is 0 Å². The van der Waals surface area contributed by atoms with Crippen molar-refractivity contribution >= 4 is 16.3 Å². The van der Waals surface area contributed by atoms with E-state index in [0.29, 0.717) is 5.92 Å². The van der Waals surface area contributed by atoms with Crippen LogP contribution >= 0.6 is 11.3 Å². The molecule has 0 saturated heterocycles. The minimum atomic E-state index is 0.108. The summed E-state index contributed by atoms with van der Waals surface area (Å²) in [7, 11) is 0. The molecular formula is C10H14N2OS. The second-order valence-corrected chi connectivity index (χ2v) is 4.80. The van der Waals surface area contributed by atoms with Crippen molar-refractivity contribution in [1.29, 1.82) is 0 Å². The van der Waals surface area contributed by atoms with Gasteiger partial charge in [-0.3, -0.25) is 4.40 Å². The summed E-state index contributed by atoms with van der Waals surface area (Å²) in [6.07, 6.45) is 2.06. The first-order valence-corrected chi connectivity index (χ1v) is 5.53. The molecule has 1 N–H and O–H groups in total. The summed E-state index contributed by atoms with van der Waals surface area (Å²) in [5.41, 5.74) is 2.22. The highest BCUT2D eigenvalue weighted by Gasteiger charge is 2.12. The summed E-state index contributed by atoms with van der Waals surface area (Å²) in [6, 6.07) is 0. The highest BCUT2D eigenvalue weighted by molar-refractivity contribution is 7.17. The van der Waals surface area contributed by atoms with Gasteiger partial charge in [0, 0.05) is 11.9 Å². The van der Waals surface area contributed by atoms with Gasteiger partial charge in [-0.2, -0.15) is 0 Å². The molecule has 3 nitrogen and oxygen atoms in total. The first-order chi connectivity index (χ1) is 6.63. The van der Waals surface area contributed by atoms with Crippen LogP contribution in [0.4, 0.5) is 0 Å². The summed E-state index contributed by atoms with van der Waals surface area (Å²) in [5, 5.41) is 9.09. The average molecular weight is 210 g/mol. The molecule has 0 spiro atoms. The van der Waals surface area contributed by atoms with Crippen molar-refractivity contribution < 1.29 is 5.11 Å². The molecule has 0 radical (unpaired) electrons. The smallest absolute Gasteiger partial charge is 0.194 e. The van der Waals surface area contributed by atoms with Gasteiger partial charge in [0.25, 0.3) is 0 Å². The van der Waals surface area contributed by atoms with E-state index in [1.54, 1.807) is 11.3 Å². The van der Waals surface area contributed by atoms with Crippen molar-refractivity contribution in [3.05, 3.63) is 22.5 Å². The van der Waals surface area contributed by atoms with Crippen LogP contribution < -0.4 is 0 Å². The van der Waals surface area contributed by atoms with E-state index in [9.17, 15) is 0 Å². The molecular weight excluding hydrogens is 196 g/mol. The minimum Gasteiger partial charge on any atom is -0.391 e. The van der Waals surface area contributed by atoms with Crippen LogP contribution in [0.25, 0.3) is 4.96 Å². The van der Waals surface area contributed by atoms with E-state index in [0.717, 1.165) is 21.2 Å². The molecule has 0 fully saturated rings. The number of rotatable bonds is 2. The van der Waals surface area contributed by atoms with Gasteiger partial charge < -0.3 is 5.11 Å². The van der Waals surface area contributed by atoms with Crippen LogP contribution in [0.15, 0.2) is 6.20 Å². The van der Waals surface area contributed by atoms with Crippen molar-refractivity contribution in [2.75, 3.05) is 0 Å². The Morgan fingerprint density at radius 1 is 1.57 bits per heavy atom. The summed E-state index contributed by atoms with van der Waals surface area (Å²) < 4.78 is 2.06. The Morgan fingerprint density at radius 2 is 2.29 bits per heavy atom. The number of nitrogens with zero attached hydrogens (tertiary/aromatic N) is 2. The molecule has 0 atom stereocenters. The van der Waals surface area contributed by atoms with E-state index >= 15 is 0 Å². The van der Waals surface area contributed by atoms with E-state index in [1.807, 2.05) is 6.92 Å². The fraction of sp³-hybridized carbons (Fsp3) is 0.500. The molecule has 0 amide bonds. The predicted molar refractivity (Wildman–Crippen MR) is 57.8 cm³/mol. The quantitative estimate of drug-likeness (QED) is 0.826. The number of aromatic nitrogens is 2. The molecule has 0 saturated carbocycles. The molecule has 2 heterocycles. The number of hydrogen-bond donors (Lipinski definition) is 1. The molecule has 4 heteroatoms. The number of fused-ring (bicyclic) bond motifs is 1. The Kier molecular flexibility index (Phi) is 2.33. The van der Waals surface area contributed by atoms with Crippen molar-refractivity contribution in [2.45, 2.75) is 33.3 Å². The Balaban J connectivity index is 2.59. The molecule has 0 aromatic carbocycles. The van der Waals surface area contributed by atoms with E-state index < -0.39 is 0 Å². The molecule has 2 rings (SSSR count). The van der Waals surface area contributed by atoms with Crippen LogP contribution in [0.5, 0.6) is 0 Å². The topological polar surface area (TPSA) is 37.5 Å². The standard InChI is InChI=1S/C10H14N2OS/c1-6(2)8-4-12-7(3)9(5-13)14-10(12)11-8/h4,6,13H,5H2,1-3H3. The zero-order chi connectivity index (χ0) is 10.3. The van der Waals surface area contributed by atoms with Crippen LogP contribution in [-0.4, -0.2) is 14.5 Å². The van der Waals surface area contributed by atoms with E-state index in [4.69, 9.17) is 5.11 Å². The van der Waals surface area contributed by atoms with E-state index in [2.05, 4.69) is 29.4 Å². The summed E-state index contributed by atoms with van der Waals surface area (Å²) in [5.74, 6) is 0.457. The summed E-state index contributed by atoms with van der Waals surface area (Å²) >= 11 is 1.56. The summed E-state index contributed by atoms with van der Waals surface area (Å²) in [4.78, 5) is 6.50. The second-order valence-electron chi connectivity index (χ2n) is 3.74. The fourth-order valence-electron chi connectivity index (χ4n) is 1.44. The first kappa shape index (κ1) is 9.68. The largest absolute Gasteiger partial charge is 0.391 e. The lowest BCUT2D eigenvalue weighted by Crippen LogP contribution is -1.88. The normalized spacial score (nSPS) is 11.8. The van der Waals surface area contributed by atoms with Crippen molar-refractivity contribution in [1.82, 2.24) is 9.38 Å². The van der Waals surface area contributed by atoms with E-state index in [-0.39, 0.29) is 6.61 Å². The maximum absolute atomic E-state index is 9.09. The Morgan fingerprint density at radius 3 is 2.79 bits per heavy atom. The van der Waals surface area contributed by atoms with Crippen LogP contribution in [0.2, 0.25) is 0 Å². The molecule has 0 aliphatic rings. The number of aryl methyl sites for hydroxylation is 1. The third-order valence-corrected chi connectivity index (χ3v) is 3.55. The van der Waals surface area contributed by atoms with Gasteiger partial charge in [0.15, 0.2) is 4.96 Å². The molecule has 0 aliphatic carbocycles. The zero-order valence-electron chi connectivity index (χ0n) is 8.61. The van der Waals surface area contributed by atoms with Crippen LogP contribution in [0.1, 0.15) is 36.0 Å². The van der Waals surface area contributed by atoms with Gasteiger partial charge >= 0.3 is 0 Å². The Bertz CT molecular complexity index is 456. The molecule has 2 aromatic rings. The van der Waals surface area contributed by atoms with Gasteiger partial charge in [0.05, 0.1) is 17.2 Å². The van der Waals surface area contributed by atoms with E-state index in [1.165, 1.54) is 0 Å².